The number of fused-ring (bicyclic) bond motifs is 1. The maximum absolute atomic E-state index is 10.4. The molecule has 1 aromatic rings. The van der Waals surface area contributed by atoms with Gasteiger partial charge in [-0.05, 0) is 22.0 Å². The Morgan fingerprint density at radius 2 is 2.19 bits per heavy atom. The van der Waals surface area contributed by atoms with Crippen LogP contribution in [-0.2, 0) is 4.79 Å². The van der Waals surface area contributed by atoms with Crippen LogP contribution in [0.15, 0.2) is 16.6 Å². The summed E-state index contributed by atoms with van der Waals surface area (Å²) in [6.45, 7) is 0.592. The molecule has 16 heavy (non-hydrogen) atoms. The van der Waals surface area contributed by atoms with Gasteiger partial charge in [-0.25, -0.2) is 4.79 Å². The molecular formula is C10H9BrO5. The Hall–Kier alpha value is -1.43. The topological polar surface area (TPSA) is 65.0 Å². The number of hydrogen-bond donors (Lipinski definition) is 1. The number of benzene rings is 1. The van der Waals surface area contributed by atoms with Crippen LogP contribution in [0.25, 0.3) is 0 Å². The quantitative estimate of drug-likeness (QED) is 0.917. The zero-order valence-corrected chi connectivity index (χ0v) is 9.82. The van der Waals surface area contributed by atoms with Crippen LogP contribution < -0.4 is 14.2 Å². The molecule has 1 N–H and O–H groups in total. The van der Waals surface area contributed by atoms with E-state index >= 15 is 0 Å². The number of rotatable bonds is 3. The van der Waals surface area contributed by atoms with Gasteiger partial charge in [0, 0.05) is 6.07 Å². The molecule has 0 bridgehead atoms. The number of carboxylic acid groups (broad SMARTS) is 1. The van der Waals surface area contributed by atoms with Gasteiger partial charge in [-0.2, -0.15) is 0 Å². The summed E-state index contributed by atoms with van der Waals surface area (Å²) >= 11 is 3.31. The SMILES string of the molecule is O=C(O)COc1cc(Br)c2c(c1)OCCO2. The Bertz CT molecular complexity index is 418. The second-order valence-electron chi connectivity index (χ2n) is 3.11. The van der Waals surface area contributed by atoms with E-state index in [0.717, 1.165) is 0 Å². The molecule has 0 aliphatic carbocycles. The molecule has 1 aromatic carbocycles. The molecule has 0 radical (unpaired) electrons. The summed E-state index contributed by atoms with van der Waals surface area (Å²) in [5.74, 6) is 0.583. The summed E-state index contributed by atoms with van der Waals surface area (Å²) in [5, 5.41) is 8.49. The molecular weight excluding hydrogens is 280 g/mol. The van der Waals surface area contributed by atoms with Crippen molar-refractivity contribution < 1.29 is 24.1 Å². The van der Waals surface area contributed by atoms with Crippen molar-refractivity contribution in [2.24, 2.45) is 0 Å². The van der Waals surface area contributed by atoms with Gasteiger partial charge in [0.05, 0.1) is 4.47 Å². The molecule has 0 spiro atoms. The highest BCUT2D eigenvalue weighted by Crippen LogP contribution is 2.40. The second-order valence-corrected chi connectivity index (χ2v) is 3.97. The van der Waals surface area contributed by atoms with Gasteiger partial charge >= 0.3 is 5.97 Å². The van der Waals surface area contributed by atoms with E-state index in [4.69, 9.17) is 19.3 Å². The maximum atomic E-state index is 10.4. The van der Waals surface area contributed by atoms with Crippen LogP contribution in [0.5, 0.6) is 17.2 Å². The second kappa shape index (κ2) is 4.61. The first-order valence-corrected chi connectivity index (χ1v) is 5.40. The third-order valence-electron chi connectivity index (χ3n) is 1.93. The molecule has 6 heteroatoms. The number of carboxylic acids is 1. The number of aliphatic carboxylic acids is 1. The van der Waals surface area contributed by atoms with Gasteiger partial charge in [0.1, 0.15) is 19.0 Å². The fourth-order valence-corrected chi connectivity index (χ4v) is 1.85. The molecule has 86 valence electrons. The minimum atomic E-state index is -1.02. The van der Waals surface area contributed by atoms with E-state index in [-0.39, 0.29) is 6.61 Å². The first-order valence-electron chi connectivity index (χ1n) is 4.60. The van der Waals surface area contributed by atoms with Crippen molar-refractivity contribution in [2.75, 3.05) is 19.8 Å². The van der Waals surface area contributed by atoms with Gasteiger partial charge in [-0.3, -0.25) is 0 Å². The zero-order valence-electron chi connectivity index (χ0n) is 8.23. The van der Waals surface area contributed by atoms with Crippen LogP contribution in [0, 0.1) is 0 Å². The molecule has 1 aliphatic heterocycles. The highest BCUT2D eigenvalue weighted by molar-refractivity contribution is 9.10. The highest BCUT2D eigenvalue weighted by Gasteiger charge is 2.17. The lowest BCUT2D eigenvalue weighted by Crippen LogP contribution is -2.16. The highest BCUT2D eigenvalue weighted by atomic mass is 79.9. The van der Waals surface area contributed by atoms with Crippen molar-refractivity contribution >= 4 is 21.9 Å². The van der Waals surface area contributed by atoms with Crippen molar-refractivity contribution in [1.82, 2.24) is 0 Å². The summed E-state index contributed by atoms with van der Waals surface area (Å²) in [4.78, 5) is 10.4. The largest absolute Gasteiger partial charge is 0.486 e. The van der Waals surface area contributed by atoms with E-state index in [1.165, 1.54) is 0 Å². The van der Waals surface area contributed by atoms with Gasteiger partial charge in [-0.15, -0.1) is 0 Å². The fourth-order valence-electron chi connectivity index (χ4n) is 1.32. The van der Waals surface area contributed by atoms with Crippen molar-refractivity contribution in [3.05, 3.63) is 16.6 Å². The predicted molar refractivity (Wildman–Crippen MR) is 58.3 cm³/mol. The van der Waals surface area contributed by atoms with Crippen molar-refractivity contribution in [1.29, 1.82) is 0 Å². The standard InChI is InChI=1S/C10H9BrO5/c11-7-3-6(16-5-9(12)13)4-8-10(7)15-2-1-14-8/h3-4H,1-2,5H2,(H,12,13). The molecule has 0 unspecified atom stereocenters. The lowest BCUT2D eigenvalue weighted by molar-refractivity contribution is -0.139. The average Bonchev–Trinajstić information content (AvgIpc) is 2.26. The molecule has 1 heterocycles. The summed E-state index contributed by atoms with van der Waals surface area (Å²) in [5.41, 5.74) is 0. The number of ether oxygens (including phenoxy) is 3. The van der Waals surface area contributed by atoms with E-state index in [1.54, 1.807) is 12.1 Å². The van der Waals surface area contributed by atoms with Crippen LogP contribution in [-0.4, -0.2) is 30.9 Å². The minimum absolute atomic E-state index is 0.383. The molecule has 2 rings (SSSR count). The maximum Gasteiger partial charge on any atom is 0.341 e. The van der Waals surface area contributed by atoms with Crippen molar-refractivity contribution in [2.45, 2.75) is 0 Å². The molecule has 0 fully saturated rings. The summed E-state index contributed by atoms with van der Waals surface area (Å²) in [6, 6.07) is 3.26. The monoisotopic (exact) mass is 288 g/mol. The molecule has 0 saturated carbocycles. The first kappa shape index (κ1) is 11.1. The molecule has 0 atom stereocenters. The minimum Gasteiger partial charge on any atom is -0.486 e. The van der Waals surface area contributed by atoms with Crippen LogP contribution in [0.4, 0.5) is 0 Å². The van der Waals surface area contributed by atoms with Gasteiger partial charge in [0.25, 0.3) is 0 Å². The normalized spacial score (nSPS) is 13.3. The van der Waals surface area contributed by atoms with Crippen LogP contribution >= 0.6 is 15.9 Å². The van der Waals surface area contributed by atoms with Gasteiger partial charge in [0.2, 0.25) is 0 Å². The lowest BCUT2D eigenvalue weighted by Gasteiger charge is -2.20. The molecule has 0 saturated heterocycles. The molecule has 0 amide bonds. The average molecular weight is 289 g/mol. The third-order valence-corrected chi connectivity index (χ3v) is 2.52. The van der Waals surface area contributed by atoms with E-state index in [0.29, 0.717) is 34.9 Å². The Morgan fingerprint density at radius 3 is 2.94 bits per heavy atom. The van der Waals surface area contributed by atoms with Crippen LogP contribution in [0.1, 0.15) is 0 Å². The Morgan fingerprint density at radius 1 is 1.44 bits per heavy atom. The third kappa shape index (κ3) is 2.38. The summed E-state index contributed by atoms with van der Waals surface area (Å²) in [7, 11) is 0. The first-order chi connectivity index (χ1) is 7.66. The summed E-state index contributed by atoms with van der Waals surface area (Å²) < 4.78 is 16.5. The smallest absolute Gasteiger partial charge is 0.341 e. The van der Waals surface area contributed by atoms with Crippen LogP contribution in [0.2, 0.25) is 0 Å². The Labute approximate surface area is 100 Å². The predicted octanol–water partition coefficient (Wildman–Crippen LogP) is 1.68. The van der Waals surface area contributed by atoms with Gasteiger partial charge in [-0.1, -0.05) is 0 Å². The number of halogens is 1. The van der Waals surface area contributed by atoms with Crippen molar-refractivity contribution in [3.63, 3.8) is 0 Å². The Balaban J connectivity index is 2.21. The van der Waals surface area contributed by atoms with E-state index in [9.17, 15) is 4.79 Å². The van der Waals surface area contributed by atoms with E-state index in [1.807, 2.05) is 0 Å². The molecule has 5 nitrogen and oxygen atoms in total. The summed E-state index contributed by atoms with van der Waals surface area (Å²) in [6.07, 6.45) is 0. The number of hydrogen-bond acceptors (Lipinski definition) is 4. The fraction of sp³-hybridized carbons (Fsp3) is 0.300. The molecule has 1 aliphatic rings. The Kier molecular flexibility index (Phi) is 3.19. The van der Waals surface area contributed by atoms with Gasteiger partial charge in [0.15, 0.2) is 18.1 Å². The van der Waals surface area contributed by atoms with Crippen molar-refractivity contribution in [3.8, 4) is 17.2 Å². The van der Waals surface area contributed by atoms with E-state index in [2.05, 4.69) is 15.9 Å². The lowest BCUT2D eigenvalue weighted by atomic mass is 10.3. The number of carbonyl (C=O) groups is 1. The van der Waals surface area contributed by atoms with E-state index < -0.39 is 5.97 Å². The molecule has 0 aromatic heterocycles. The zero-order chi connectivity index (χ0) is 11.5. The van der Waals surface area contributed by atoms with Gasteiger partial charge < -0.3 is 19.3 Å². The van der Waals surface area contributed by atoms with Crippen LogP contribution in [0.3, 0.4) is 0 Å².